The van der Waals surface area contributed by atoms with Crippen LogP contribution in [-0.4, -0.2) is 17.9 Å². The summed E-state index contributed by atoms with van der Waals surface area (Å²) in [4.78, 5) is 16.9. The molecule has 0 atom stereocenters. The smallest absolute Gasteiger partial charge is 0.213 e. The number of nitrogens with zero attached hydrogens (tertiary/aromatic N) is 1. The van der Waals surface area contributed by atoms with Crippen LogP contribution in [0.5, 0.6) is 5.88 Å². The van der Waals surface area contributed by atoms with Crippen molar-refractivity contribution in [1.82, 2.24) is 4.98 Å². The number of hydrogen-bond acceptors (Lipinski definition) is 3. The third-order valence-electron chi connectivity index (χ3n) is 4.20. The number of rotatable bonds is 1. The van der Waals surface area contributed by atoms with Gasteiger partial charge in [-0.25, -0.2) is 4.98 Å². The Bertz CT molecular complexity index is 461. The van der Waals surface area contributed by atoms with Crippen molar-refractivity contribution in [2.45, 2.75) is 38.5 Å². The second-order valence-electron chi connectivity index (χ2n) is 5.21. The van der Waals surface area contributed by atoms with Gasteiger partial charge in [-0.1, -0.05) is 25.3 Å². The van der Waals surface area contributed by atoms with Crippen molar-refractivity contribution in [3.05, 3.63) is 23.4 Å². The highest BCUT2D eigenvalue weighted by atomic mass is 16.5. The number of ketones is 1. The van der Waals surface area contributed by atoms with Crippen LogP contribution in [-0.2, 0) is 6.42 Å². The monoisotopic (exact) mass is 231 g/mol. The van der Waals surface area contributed by atoms with Crippen molar-refractivity contribution in [1.29, 1.82) is 0 Å². The van der Waals surface area contributed by atoms with E-state index < -0.39 is 0 Å². The predicted octanol–water partition coefficient (Wildman–Crippen LogP) is 2.78. The summed E-state index contributed by atoms with van der Waals surface area (Å²) >= 11 is 0. The topological polar surface area (TPSA) is 39.2 Å². The van der Waals surface area contributed by atoms with Gasteiger partial charge in [0.1, 0.15) is 5.69 Å². The van der Waals surface area contributed by atoms with Gasteiger partial charge >= 0.3 is 0 Å². The molecular formula is C14H17NO2. The molecule has 3 nitrogen and oxygen atoms in total. The van der Waals surface area contributed by atoms with Crippen LogP contribution in [0.2, 0.25) is 0 Å². The first-order chi connectivity index (χ1) is 8.25. The van der Waals surface area contributed by atoms with E-state index >= 15 is 0 Å². The van der Waals surface area contributed by atoms with E-state index in [1.54, 1.807) is 7.11 Å². The summed E-state index contributed by atoms with van der Waals surface area (Å²) in [5.41, 5.74) is 1.64. The number of ether oxygens (including phenoxy) is 1. The standard InChI is InChI=1S/C14H17NO2/c1-17-11-6-5-10-9-14(7-3-2-4-8-14)13(16)12(10)15-11/h5-6H,2-4,7-9H2,1H3. The first-order valence-corrected chi connectivity index (χ1v) is 6.34. The van der Waals surface area contributed by atoms with E-state index in [2.05, 4.69) is 4.98 Å². The van der Waals surface area contributed by atoms with Crippen molar-refractivity contribution in [2.75, 3.05) is 7.11 Å². The van der Waals surface area contributed by atoms with E-state index in [1.807, 2.05) is 12.1 Å². The Kier molecular flexibility index (Phi) is 2.42. The molecule has 0 radical (unpaired) electrons. The molecule has 0 aliphatic heterocycles. The van der Waals surface area contributed by atoms with Gasteiger partial charge in [0.05, 0.1) is 7.11 Å². The molecule has 0 saturated heterocycles. The average molecular weight is 231 g/mol. The minimum Gasteiger partial charge on any atom is -0.481 e. The lowest BCUT2D eigenvalue weighted by atomic mass is 9.71. The molecule has 1 spiro atoms. The van der Waals surface area contributed by atoms with Gasteiger partial charge < -0.3 is 4.74 Å². The number of hydrogen-bond donors (Lipinski definition) is 0. The molecule has 1 heterocycles. The number of aromatic nitrogens is 1. The molecule has 1 aromatic heterocycles. The highest BCUT2D eigenvalue weighted by molar-refractivity contribution is 6.03. The normalized spacial score (nSPS) is 21.6. The lowest BCUT2D eigenvalue weighted by Gasteiger charge is -2.31. The van der Waals surface area contributed by atoms with Crippen molar-refractivity contribution >= 4 is 5.78 Å². The second kappa shape index (κ2) is 3.83. The van der Waals surface area contributed by atoms with Crippen LogP contribution in [0.4, 0.5) is 0 Å². The van der Waals surface area contributed by atoms with Crippen molar-refractivity contribution < 1.29 is 9.53 Å². The fraction of sp³-hybridized carbons (Fsp3) is 0.571. The first kappa shape index (κ1) is 10.8. The number of Topliss-reactive ketones (excluding diaryl/α,β-unsaturated/α-hetero) is 1. The Balaban J connectivity index is 1.99. The van der Waals surface area contributed by atoms with Crippen LogP contribution >= 0.6 is 0 Å². The maximum Gasteiger partial charge on any atom is 0.213 e. The van der Waals surface area contributed by atoms with Gasteiger partial charge in [0.2, 0.25) is 5.88 Å². The van der Waals surface area contributed by atoms with E-state index in [4.69, 9.17) is 4.74 Å². The number of fused-ring (bicyclic) bond motifs is 1. The van der Waals surface area contributed by atoms with Crippen molar-refractivity contribution in [2.24, 2.45) is 5.41 Å². The Morgan fingerprint density at radius 2 is 2.00 bits per heavy atom. The van der Waals surface area contributed by atoms with Gasteiger partial charge in [0.15, 0.2) is 5.78 Å². The van der Waals surface area contributed by atoms with Crippen LogP contribution in [0.3, 0.4) is 0 Å². The summed E-state index contributed by atoms with van der Waals surface area (Å²) in [7, 11) is 1.59. The molecule has 0 aromatic carbocycles. The highest BCUT2D eigenvalue weighted by Crippen LogP contribution is 2.46. The van der Waals surface area contributed by atoms with Gasteiger partial charge in [0, 0.05) is 11.5 Å². The highest BCUT2D eigenvalue weighted by Gasteiger charge is 2.46. The summed E-state index contributed by atoms with van der Waals surface area (Å²) in [6, 6.07) is 3.86. The van der Waals surface area contributed by atoms with Crippen LogP contribution in [0.25, 0.3) is 0 Å². The Morgan fingerprint density at radius 1 is 1.24 bits per heavy atom. The Morgan fingerprint density at radius 3 is 2.71 bits per heavy atom. The molecule has 1 fully saturated rings. The van der Waals surface area contributed by atoms with E-state index in [-0.39, 0.29) is 11.2 Å². The molecule has 2 aliphatic rings. The molecule has 3 heteroatoms. The SMILES string of the molecule is COc1ccc2c(n1)C(=O)C1(CCCCC1)C2. The molecule has 0 unspecified atom stereocenters. The fourth-order valence-electron chi connectivity index (χ4n) is 3.25. The quantitative estimate of drug-likeness (QED) is 0.746. The zero-order valence-corrected chi connectivity index (χ0v) is 10.2. The molecule has 1 aromatic rings. The molecule has 17 heavy (non-hydrogen) atoms. The van der Waals surface area contributed by atoms with E-state index in [9.17, 15) is 4.79 Å². The molecule has 1 saturated carbocycles. The molecule has 2 aliphatic carbocycles. The average Bonchev–Trinajstić information content (AvgIpc) is 2.63. The maximum atomic E-state index is 12.5. The number of carbonyl (C=O) groups excluding carboxylic acids is 1. The summed E-state index contributed by atoms with van der Waals surface area (Å²) in [5.74, 6) is 0.802. The van der Waals surface area contributed by atoms with Crippen molar-refractivity contribution in [3.63, 3.8) is 0 Å². The lowest BCUT2D eigenvalue weighted by molar-refractivity contribution is 0.0743. The lowest BCUT2D eigenvalue weighted by Crippen LogP contribution is -2.30. The van der Waals surface area contributed by atoms with Gasteiger partial charge in [0.25, 0.3) is 0 Å². The van der Waals surface area contributed by atoms with Crippen LogP contribution in [0, 0.1) is 5.41 Å². The van der Waals surface area contributed by atoms with E-state index in [1.165, 1.54) is 19.3 Å². The summed E-state index contributed by atoms with van der Waals surface area (Å²) in [6.45, 7) is 0. The van der Waals surface area contributed by atoms with Gasteiger partial charge in [-0.2, -0.15) is 0 Å². The molecular weight excluding hydrogens is 214 g/mol. The first-order valence-electron chi connectivity index (χ1n) is 6.34. The Labute approximate surface area is 101 Å². The van der Waals surface area contributed by atoms with Crippen LogP contribution < -0.4 is 4.74 Å². The second-order valence-corrected chi connectivity index (χ2v) is 5.21. The van der Waals surface area contributed by atoms with Gasteiger partial charge in [-0.05, 0) is 24.8 Å². The third-order valence-corrected chi connectivity index (χ3v) is 4.20. The summed E-state index contributed by atoms with van der Waals surface area (Å²) in [6.07, 6.45) is 6.57. The molecule has 0 amide bonds. The number of pyridine rings is 1. The zero-order valence-electron chi connectivity index (χ0n) is 10.2. The van der Waals surface area contributed by atoms with Crippen LogP contribution in [0.1, 0.15) is 48.2 Å². The summed E-state index contributed by atoms with van der Waals surface area (Å²) in [5, 5.41) is 0. The van der Waals surface area contributed by atoms with Crippen LogP contribution in [0.15, 0.2) is 12.1 Å². The minimum absolute atomic E-state index is 0.125. The van der Waals surface area contributed by atoms with Gasteiger partial charge in [-0.3, -0.25) is 4.79 Å². The molecule has 0 N–H and O–H groups in total. The number of carbonyl (C=O) groups is 1. The fourth-order valence-corrected chi connectivity index (χ4v) is 3.25. The minimum atomic E-state index is -0.125. The summed E-state index contributed by atoms with van der Waals surface area (Å²) < 4.78 is 5.10. The number of methoxy groups -OCH3 is 1. The van der Waals surface area contributed by atoms with E-state index in [0.29, 0.717) is 11.6 Å². The molecule has 0 bridgehead atoms. The van der Waals surface area contributed by atoms with Crippen molar-refractivity contribution in [3.8, 4) is 5.88 Å². The Hall–Kier alpha value is -1.38. The van der Waals surface area contributed by atoms with E-state index in [0.717, 1.165) is 24.8 Å². The zero-order chi connectivity index (χ0) is 11.9. The molecule has 3 rings (SSSR count). The van der Waals surface area contributed by atoms with Gasteiger partial charge in [-0.15, -0.1) is 0 Å². The molecule has 90 valence electrons. The third kappa shape index (κ3) is 1.56. The predicted molar refractivity (Wildman–Crippen MR) is 64.3 cm³/mol. The maximum absolute atomic E-state index is 12.5. The largest absolute Gasteiger partial charge is 0.481 e.